The highest BCUT2D eigenvalue weighted by molar-refractivity contribution is 6.03. The minimum Gasteiger partial charge on any atom is -0.457 e. The third-order valence-electron chi connectivity index (χ3n) is 7.49. The average Bonchev–Trinajstić information content (AvgIpc) is 3.32. The lowest BCUT2D eigenvalue weighted by atomic mass is 9.95. The van der Waals surface area contributed by atoms with Gasteiger partial charge in [-0.2, -0.15) is 0 Å². The molecule has 2 N–H and O–H groups in total. The molecule has 4 amide bonds. The van der Waals surface area contributed by atoms with E-state index < -0.39 is 12.1 Å². The van der Waals surface area contributed by atoms with Crippen molar-refractivity contribution in [2.75, 3.05) is 13.1 Å². The Balaban J connectivity index is 1.42. The number of ether oxygens (including phenoxy) is 1. The maximum atomic E-state index is 14.1. The zero-order valence-electron chi connectivity index (χ0n) is 24.0. The van der Waals surface area contributed by atoms with Crippen molar-refractivity contribution in [3.63, 3.8) is 0 Å². The molecule has 0 saturated heterocycles. The average molecular weight is 571 g/mol. The van der Waals surface area contributed by atoms with Crippen LogP contribution in [0.4, 0.5) is 9.18 Å². The van der Waals surface area contributed by atoms with Crippen molar-refractivity contribution in [3.05, 3.63) is 107 Å². The van der Waals surface area contributed by atoms with Crippen LogP contribution in [0.15, 0.2) is 90.1 Å². The first-order chi connectivity index (χ1) is 20.2. The van der Waals surface area contributed by atoms with Crippen LogP contribution in [0.5, 0.6) is 11.5 Å². The molecule has 9 heteroatoms. The summed E-state index contributed by atoms with van der Waals surface area (Å²) in [6.45, 7) is 6.58. The summed E-state index contributed by atoms with van der Waals surface area (Å²) in [5.41, 5.74) is 2.51. The van der Waals surface area contributed by atoms with Crippen LogP contribution in [0, 0.1) is 11.7 Å². The predicted octanol–water partition coefficient (Wildman–Crippen LogP) is 5.53. The van der Waals surface area contributed by atoms with Crippen molar-refractivity contribution in [2.24, 2.45) is 5.92 Å². The highest BCUT2D eigenvalue weighted by atomic mass is 19.1. The Kier molecular flexibility index (Phi) is 8.56. The molecular weight excluding hydrogens is 535 g/mol. The van der Waals surface area contributed by atoms with Crippen LogP contribution in [0.1, 0.15) is 44.4 Å². The summed E-state index contributed by atoms with van der Waals surface area (Å²) in [6.07, 6.45) is 0.445. The first-order valence-corrected chi connectivity index (χ1v) is 14.2. The van der Waals surface area contributed by atoms with Crippen molar-refractivity contribution in [1.82, 2.24) is 20.4 Å². The Hall–Kier alpha value is -4.66. The van der Waals surface area contributed by atoms with E-state index in [1.165, 1.54) is 12.1 Å². The molecule has 0 spiro atoms. The number of halogens is 1. The maximum absolute atomic E-state index is 14.1. The van der Waals surface area contributed by atoms with Crippen molar-refractivity contribution in [2.45, 2.75) is 45.8 Å². The summed E-state index contributed by atoms with van der Waals surface area (Å²) in [5.74, 6) is 0.446. The summed E-state index contributed by atoms with van der Waals surface area (Å²) in [6, 6.07) is 20.9. The van der Waals surface area contributed by atoms with Crippen LogP contribution in [0.25, 0.3) is 0 Å². The second kappa shape index (κ2) is 12.5. The number of nitrogens with one attached hydrogen (secondary N) is 2. The van der Waals surface area contributed by atoms with E-state index in [1.807, 2.05) is 75.4 Å². The number of likely N-dealkylation sites (N-methyl/N-ethyl adjacent to an activating group) is 1. The van der Waals surface area contributed by atoms with Gasteiger partial charge in [0.25, 0.3) is 5.91 Å². The van der Waals surface area contributed by atoms with E-state index in [2.05, 4.69) is 10.6 Å². The van der Waals surface area contributed by atoms with Crippen molar-refractivity contribution in [1.29, 1.82) is 0 Å². The molecule has 0 saturated carbocycles. The van der Waals surface area contributed by atoms with Gasteiger partial charge in [-0.05, 0) is 66.8 Å². The second-order valence-corrected chi connectivity index (χ2v) is 10.9. The van der Waals surface area contributed by atoms with E-state index >= 15 is 0 Å². The quantitative estimate of drug-likeness (QED) is 0.335. The molecule has 2 unspecified atom stereocenters. The number of carbonyl (C=O) groups excluding carboxylic acids is 3. The third kappa shape index (κ3) is 6.15. The zero-order valence-corrected chi connectivity index (χ0v) is 24.0. The molecule has 3 aromatic rings. The molecule has 2 atom stereocenters. The molecule has 42 heavy (non-hydrogen) atoms. The number of urea groups is 1. The lowest BCUT2D eigenvalue weighted by Gasteiger charge is -2.33. The molecule has 0 aliphatic carbocycles. The molecular formula is C33H35FN4O4. The Bertz CT molecular complexity index is 1490. The summed E-state index contributed by atoms with van der Waals surface area (Å²) in [7, 11) is 0. The molecule has 8 nitrogen and oxygen atoms in total. The Labute approximate surface area is 245 Å². The lowest BCUT2D eigenvalue weighted by Crippen LogP contribution is -2.49. The molecule has 3 aromatic carbocycles. The number of nitrogens with zero attached hydrogens (tertiary/aromatic N) is 2. The monoisotopic (exact) mass is 570 g/mol. The molecule has 0 fully saturated rings. The minimum absolute atomic E-state index is 0.127. The fraction of sp³-hybridized carbons (Fsp3) is 0.303. The van der Waals surface area contributed by atoms with E-state index in [-0.39, 0.29) is 42.7 Å². The summed E-state index contributed by atoms with van der Waals surface area (Å²) in [4.78, 5) is 44.0. The van der Waals surface area contributed by atoms with Gasteiger partial charge in [-0.3, -0.25) is 14.5 Å². The van der Waals surface area contributed by atoms with Crippen LogP contribution in [0.2, 0.25) is 0 Å². The van der Waals surface area contributed by atoms with Gasteiger partial charge in [0.1, 0.15) is 23.4 Å². The van der Waals surface area contributed by atoms with Gasteiger partial charge in [-0.15, -0.1) is 0 Å². The number of para-hydroxylation sites is 1. The fourth-order valence-electron chi connectivity index (χ4n) is 5.46. The number of hydrogen-bond acceptors (Lipinski definition) is 4. The molecule has 0 aromatic heterocycles. The molecule has 2 aliphatic heterocycles. The van der Waals surface area contributed by atoms with Crippen LogP contribution in [0.3, 0.4) is 0 Å². The van der Waals surface area contributed by atoms with E-state index in [0.717, 1.165) is 5.56 Å². The topological polar surface area (TPSA) is 91.0 Å². The third-order valence-corrected chi connectivity index (χ3v) is 7.49. The molecule has 2 heterocycles. The highest BCUT2D eigenvalue weighted by Crippen LogP contribution is 2.38. The van der Waals surface area contributed by atoms with Gasteiger partial charge in [0.15, 0.2) is 0 Å². The van der Waals surface area contributed by atoms with Gasteiger partial charge in [0, 0.05) is 13.1 Å². The number of benzene rings is 3. The highest BCUT2D eigenvalue weighted by Gasteiger charge is 2.46. The zero-order chi connectivity index (χ0) is 29.8. The van der Waals surface area contributed by atoms with E-state index in [0.29, 0.717) is 41.3 Å². The van der Waals surface area contributed by atoms with Crippen molar-refractivity contribution >= 4 is 17.8 Å². The van der Waals surface area contributed by atoms with E-state index in [1.54, 1.807) is 21.9 Å². The normalized spacial score (nSPS) is 17.3. The summed E-state index contributed by atoms with van der Waals surface area (Å²) < 4.78 is 19.4. The number of carbonyl (C=O) groups is 3. The Morgan fingerprint density at radius 2 is 1.74 bits per heavy atom. The second-order valence-electron chi connectivity index (χ2n) is 10.9. The Morgan fingerprint density at radius 1 is 1.02 bits per heavy atom. The minimum atomic E-state index is -0.745. The maximum Gasteiger partial charge on any atom is 0.322 e. The summed E-state index contributed by atoms with van der Waals surface area (Å²) >= 11 is 0. The van der Waals surface area contributed by atoms with E-state index in [4.69, 9.17) is 4.74 Å². The van der Waals surface area contributed by atoms with Gasteiger partial charge >= 0.3 is 6.03 Å². The van der Waals surface area contributed by atoms with Crippen molar-refractivity contribution in [3.8, 4) is 11.5 Å². The van der Waals surface area contributed by atoms with Crippen molar-refractivity contribution < 1.29 is 23.5 Å². The number of amides is 4. The molecule has 0 radical (unpaired) electrons. The number of hydrogen-bond donors (Lipinski definition) is 2. The van der Waals surface area contributed by atoms with Gasteiger partial charge in [0.05, 0.1) is 23.9 Å². The molecule has 0 bridgehead atoms. The molecule has 2 aliphatic rings. The molecule has 5 rings (SSSR count). The van der Waals surface area contributed by atoms with Crippen LogP contribution >= 0.6 is 0 Å². The fourth-order valence-corrected chi connectivity index (χ4v) is 5.46. The SMILES string of the molecule is CCN1C(=O)NC(c2cccc(Oc3ccccc3)c2)C2=C1CN(C(CC(C)C)C(=O)NCc1ccc(F)cc1)C2=O. The van der Waals surface area contributed by atoms with Gasteiger partial charge in [-0.25, -0.2) is 9.18 Å². The van der Waals surface area contributed by atoms with Crippen LogP contribution in [-0.2, 0) is 16.1 Å². The van der Waals surface area contributed by atoms with Gasteiger partial charge < -0.3 is 20.3 Å². The predicted molar refractivity (Wildman–Crippen MR) is 157 cm³/mol. The van der Waals surface area contributed by atoms with Crippen LogP contribution < -0.4 is 15.4 Å². The lowest BCUT2D eigenvalue weighted by molar-refractivity contribution is -0.137. The first-order valence-electron chi connectivity index (χ1n) is 14.2. The number of rotatable bonds is 10. The molecule has 218 valence electrons. The van der Waals surface area contributed by atoms with Gasteiger partial charge in [0.2, 0.25) is 5.91 Å². The first kappa shape index (κ1) is 28.9. The van der Waals surface area contributed by atoms with Gasteiger partial charge in [-0.1, -0.05) is 56.3 Å². The Morgan fingerprint density at radius 3 is 2.43 bits per heavy atom. The smallest absolute Gasteiger partial charge is 0.322 e. The standard InChI is InChI=1S/C33H35FN4O4/c1-4-37-28-20-38(27(17-21(2)3)31(39)35-19-22-13-15-24(34)16-14-22)32(40)29(28)30(36-33(37)41)23-9-8-12-26(18-23)42-25-10-6-5-7-11-25/h5-16,18,21,27,30H,4,17,19-20H2,1-3H3,(H,35,39)(H,36,41). The largest absolute Gasteiger partial charge is 0.457 e. The van der Waals surface area contributed by atoms with Crippen LogP contribution in [-0.4, -0.2) is 46.8 Å². The summed E-state index contributed by atoms with van der Waals surface area (Å²) in [5, 5.41) is 5.93. The van der Waals surface area contributed by atoms with E-state index in [9.17, 15) is 18.8 Å².